The SMILES string of the molecule is CC(C)c1c(-c2cccc3nn(C[C@H](O)c4ccccc4)cc23)nc(-c2ccc(C#N)cc2F)n1C. The second kappa shape index (κ2) is 9.40. The lowest BCUT2D eigenvalue weighted by Crippen LogP contribution is -2.08. The van der Waals surface area contributed by atoms with Crippen molar-refractivity contribution in [1.29, 1.82) is 5.26 Å². The Balaban J connectivity index is 1.61. The van der Waals surface area contributed by atoms with Gasteiger partial charge in [0.05, 0.1) is 41.1 Å². The molecule has 0 fully saturated rings. The average molecular weight is 480 g/mol. The number of hydrogen-bond acceptors (Lipinski definition) is 4. The molecule has 0 radical (unpaired) electrons. The minimum Gasteiger partial charge on any atom is -0.386 e. The number of hydrogen-bond donors (Lipinski definition) is 1. The van der Waals surface area contributed by atoms with Crippen molar-refractivity contribution in [3.63, 3.8) is 0 Å². The number of fused-ring (bicyclic) bond motifs is 1. The molecule has 7 heteroatoms. The molecule has 0 spiro atoms. The van der Waals surface area contributed by atoms with Crippen molar-refractivity contribution in [1.82, 2.24) is 19.3 Å². The number of nitriles is 1. The predicted octanol–water partition coefficient (Wildman–Crippen LogP) is 5.97. The zero-order chi connectivity index (χ0) is 25.4. The Kier molecular flexibility index (Phi) is 6.13. The molecule has 1 N–H and O–H groups in total. The van der Waals surface area contributed by atoms with Gasteiger partial charge in [0.1, 0.15) is 11.6 Å². The van der Waals surface area contributed by atoms with Crippen LogP contribution in [0.25, 0.3) is 33.5 Å². The third-order valence-electron chi connectivity index (χ3n) is 6.42. The number of aliphatic hydroxyl groups is 1. The molecule has 0 saturated heterocycles. The topological polar surface area (TPSA) is 79.7 Å². The van der Waals surface area contributed by atoms with Crippen LogP contribution >= 0.6 is 0 Å². The number of benzene rings is 3. The first kappa shape index (κ1) is 23.5. The maximum absolute atomic E-state index is 14.9. The van der Waals surface area contributed by atoms with Gasteiger partial charge in [-0.1, -0.05) is 56.3 Å². The van der Waals surface area contributed by atoms with Gasteiger partial charge in [0.25, 0.3) is 0 Å². The third-order valence-corrected chi connectivity index (χ3v) is 6.42. The summed E-state index contributed by atoms with van der Waals surface area (Å²) < 4.78 is 18.6. The van der Waals surface area contributed by atoms with Crippen LogP contribution in [0.15, 0.2) is 72.9 Å². The van der Waals surface area contributed by atoms with E-state index in [0.29, 0.717) is 17.9 Å². The Hall–Kier alpha value is -4.28. The Labute approximate surface area is 208 Å². The number of rotatable bonds is 6. The monoisotopic (exact) mass is 479 g/mol. The van der Waals surface area contributed by atoms with Crippen molar-refractivity contribution in [2.24, 2.45) is 7.05 Å². The second-order valence-electron chi connectivity index (χ2n) is 9.21. The van der Waals surface area contributed by atoms with E-state index < -0.39 is 11.9 Å². The van der Waals surface area contributed by atoms with Crippen molar-refractivity contribution in [3.8, 4) is 28.7 Å². The van der Waals surface area contributed by atoms with Gasteiger partial charge in [-0.15, -0.1) is 0 Å². The molecule has 2 aromatic heterocycles. The number of aliphatic hydroxyl groups excluding tert-OH is 1. The first-order valence-corrected chi connectivity index (χ1v) is 11.8. The molecule has 2 heterocycles. The van der Waals surface area contributed by atoms with E-state index in [1.165, 1.54) is 6.07 Å². The molecule has 0 aliphatic heterocycles. The van der Waals surface area contributed by atoms with Gasteiger partial charge in [0.15, 0.2) is 0 Å². The molecule has 0 aliphatic carbocycles. The van der Waals surface area contributed by atoms with Crippen LogP contribution in [0.3, 0.4) is 0 Å². The van der Waals surface area contributed by atoms with Crippen LogP contribution in [-0.2, 0) is 13.6 Å². The van der Waals surface area contributed by atoms with E-state index in [2.05, 4.69) is 13.8 Å². The third kappa shape index (κ3) is 4.16. The van der Waals surface area contributed by atoms with Gasteiger partial charge in [-0.25, -0.2) is 9.37 Å². The molecular formula is C29H26FN5O. The van der Waals surface area contributed by atoms with Gasteiger partial charge in [0, 0.05) is 29.9 Å². The van der Waals surface area contributed by atoms with E-state index >= 15 is 0 Å². The summed E-state index contributed by atoms with van der Waals surface area (Å²) >= 11 is 0. The van der Waals surface area contributed by atoms with Gasteiger partial charge in [0.2, 0.25) is 0 Å². The van der Waals surface area contributed by atoms with E-state index in [0.717, 1.165) is 33.4 Å². The fourth-order valence-electron chi connectivity index (χ4n) is 4.73. The van der Waals surface area contributed by atoms with Crippen LogP contribution in [0.4, 0.5) is 4.39 Å². The fourth-order valence-corrected chi connectivity index (χ4v) is 4.73. The van der Waals surface area contributed by atoms with E-state index in [9.17, 15) is 9.50 Å². The second-order valence-corrected chi connectivity index (χ2v) is 9.21. The van der Waals surface area contributed by atoms with Crippen LogP contribution in [0.2, 0.25) is 0 Å². The van der Waals surface area contributed by atoms with Crippen LogP contribution in [-0.4, -0.2) is 24.4 Å². The van der Waals surface area contributed by atoms with Gasteiger partial charge in [-0.2, -0.15) is 10.4 Å². The molecule has 1 atom stereocenters. The van der Waals surface area contributed by atoms with Gasteiger partial charge >= 0.3 is 0 Å². The summed E-state index contributed by atoms with van der Waals surface area (Å²) in [6.07, 6.45) is 1.24. The Morgan fingerprint density at radius 3 is 2.50 bits per heavy atom. The van der Waals surface area contributed by atoms with Gasteiger partial charge in [-0.05, 0) is 35.7 Å². The van der Waals surface area contributed by atoms with Crippen LogP contribution < -0.4 is 0 Å². The molecule has 36 heavy (non-hydrogen) atoms. The highest BCUT2D eigenvalue weighted by atomic mass is 19.1. The van der Waals surface area contributed by atoms with Crippen molar-refractivity contribution in [3.05, 3.63) is 95.6 Å². The molecular weight excluding hydrogens is 453 g/mol. The van der Waals surface area contributed by atoms with E-state index in [1.807, 2.05) is 72.4 Å². The maximum atomic E-state index is 14.9. The molecule has 5 rings (SSSR count). The van der Waals surface area contributed by atoms with E-state index in [1.54, 1.807) is 16.8 Å². The lowest BCUT2D eigenvalue weighted by Gasteiger charge is -2.11. The zero-order valence-electron chi connectivity index (χ0n) is 20.4. The molecule has 5 aromatic rings. The summed E-state index contributed by atoms with van der Waals surface area (Å²) in [7, 11) is 1.89. The highest BCUT2D eigenvalue weighted by Gasteiger charge is 2.23. The van der Waals surface area contributed by atoms with Crippen molar-refractivity contribution in [2.45, 2.75) is 32.4 Å². The van der Waals surface area contributed by atoms with E-state index in [4.69, 9.17) is 15.3 Å². The number of imidazole rings is 1. The zero-order valence-corrected chi connectivity index (χ0v) is 20.4. The molecule has 6 nitrogen and oxygen atoms in total. The normalized spacial score (nSPS) is 12.2. The van der Waals surface area contributed by atoms with Gasteiger partial charge in [-0.3, -0.25) is 4.68 Å². The predicted molar refractivity (Wildman–Crippen MR) is 138 cm³/mol. The highest BCUT2D eigenvalue weighted by molar-refractivity contribution is 5.94. The van der Waals surface area contributed by atoms with Crippen molar-refractivity contribution >= 4 is 10.9 Å². The average Bonchev–Trinajstić information content (AvgIpc) is 3.44. The molecule has 0 amide bonds. The first-order valence-electron chi connectivity index (χ1n) is 11.8. The molecule has 180 valence electrons. The number of halogens is 1. The minimum atomic E-state index is -0.684. The molecule has 0 saturated carbocycles. The maximum Gasteiger partial charge on any atom is 0.143 e. The van der Waals surface area contributed by atoms with E-state index in [-0.39, 0.29) is 11.5 Å². The lowest BCUT2D eigenvalue weighted by molar-refractivity contribution is 0.152. The molecule has 0 unspecified atom stereocenters. The van der Waals surface area contributed by atoms with Crippen molar-refractivity contribution < 1.29 is 9.50 Å². The van der Waals surface area contributed by atoms with Crippen LogP contribution in [0, 0.1) is 17.1 Å². The van der Waals surface area contributed by atoms with Gasteiger partial charge < -0.3 is 9.67 Å². The number of nitrogens with zero attached hydrogens (tertiary/aromatic N) is 5. The lowest BCUT2D eigenvalue weighted by atomic mass is 10.0. The van der Waals surface area contributed by atoms with Crippen LogP contribution in [0.5, 0.6) is 0 Å². The highest BCUT2D eigenvalue weighted by Crippen LogP contribution is 2.37. The minimum absolute atomic E-state index is 0.123. The Morgan fingerprint density at radius 1 is 1.03 bits per heavy atom. The fraction of sp³-hybridized carbons (Fsp3) is 0.207. The summed E-state index contributed by atoms with van der Waals surface area (Å²) in [5.74, 6) is 0.141. The first-order chi connectivity index (χ1) is 17.4. The molecule has 0 bridgehead atoms. The Morgan fingerprint density at radius 2 is 1.81 bits per heavy atom. The quantitative estimate of drug-likeness (QED) is 0.325. The summed E-state index contributed by atoms with van der Waals surface area (Å²) in [6.45, 7) is 4.48. The summed E-state index contributed by atoms with van der Waals surface area (Å²) in [5.41, 5.74) is 4.87. The Bertz CT molecular complexity index is 1590. The summed E-state index contributed by atoms with van der Waals surface area (Å²) in [5, 5.41) is 25.4. The molecule has 0 aliphatic rings. The van der Waals surface area contributed by atoms with Crippen molar-refractivity contribution in [2.75, 3.05) is 0 Å². The standard InChI is InChI=1S/C29H26FN5O/c1-18(2)28-27(32-29(34(28)3)22-13-12-19(15-31)14-24(22)30)21-10-7-11-25-23(21)16-35(33-25)17-26(36)20-8-5-4-6-9-20/h4-14,16,18,26,36H,17H2,1-3H3/t26-/m0/s1. The smallest absolute Gasteiger partial charge is 0.143 e. The largest absolute Gasteiger partial charge is 0.386 e. The summed E-state index contributed by atoms with van der Waals surface area (Å²) in [6, 6.07) is 21.8. The number of aromatic nitrogens is 4. The summed E-state index contributed by atoms with van der Waals surface area (Å²) in [4.78, 5) is 4.91. The molecule has 3 aromatic carbocycles. The van der Waals surface area contributed by atoms with Crippen LogP contribution in [0.1, 0.15) is 42.7 Å².